The highest BCUT2D eigenvalue weighted by Gasteiger charge is 2.35. The molecule has 0 aliphatic rings. The molecule has 0 aliphatic carbocycles. The van der Waals surface area contributed by atoms with Crippen molar-refractivity contribution in [1.29, 1.82) is 0 Å². The summed E-state index contributed by atoms with van der Waals surface area (Å²) in [5.41, 5.74) is 3.66. The van der Waals surface area contributed by atoms with Crippen molar-refractivity contribution in [2.75, 3.05) is 0 Å². The lowest BCUT2D eigenvalue weighted by atomic mass is 9.62. The minimum absolute atomic E-state index is 0.0864. The second kappa shape index (κ2) is 3.70. The predicted molar refractivity (Wildman–Crippen MR) is 69.0 cm³/mol. The fourth-order valence-electron chi connectivity index (χ4n) is 1.63. The van der Waals surface area contributed by atoms with Crippen LogP contribution in [-0.4, -0.2) is 7.85 Å². The van der Waals surface area contributed by atoms with Crippen LogP contribution in [0.3, 0.4) is 0 Å². The molecule has 0 fully saturated rings. The van der Waals surface area contributed by atoms with E-state index in [9.17, 15) is 0 Å². The fraction of sp³-hybridized carbons (Fsp3) is 0.571. The lowest BCUT2D eigenvalue weighted by Gasteiger charge is -2.41. The molecule has 15 heavy (non-hydrogen) atoms. The standard InChI is InChI=1S/C14H21B/c1-10-8-7-9-11(12(10)15)14(5,6)13(2,3)4/h7-9H,1-6H3. The monoisotopic (exact) mass is 200 g/mol. The van der Waals surface area contributed by atoms with Crippen molar-refractivity contribution in [3.8, 4) is 0 Å². The maximum Gasteiger partial charge on any atom is 0.114 e. The molecule has 0 amide bonds. The van der Waals surface area contributed by atoms with E-state index in [2.05, 4.69) is 59.7 Å². The van der Waals surface area contributed by atoms with Crippen LogP contribution in [0.25, 0.3) is 0 Å². The lowest BCUT2D eigenvalue weighted by molar-refractivity contribution is 0.226. The minimum Gasteiger partial charge on any atom is -0.0901 e. The molecule has 1 heteroatoms. The molecule has 0 aromatic heterocycles. The van der Waals surface area contributed by atoms with E-state index in [1.165, 1.54) is 11.1 Å². The van der Waals surface area contributed by atoms with Crippen LogP contribution in [0.2, 0.25) is 0 Å². The molecule has 0 N–H and O–H groups in total. The van der Waals surface area contributed by atoms with E-state index in [4.69, 9.17) is 7.85 Å². The topological polar surface area (TPSA) is 0 Å². The summed E-state index contributed by atoms with van der Waals surface area (Å²) in [5.74, 6) is 0. The number of rotatable bonds is 1. The second-order valence-electron chi connectivity index (χ2n) is 5.91. The average molecular weight is 200 g/mol. The first kappa shape index (κ1) is 12.4. The first-order valence-corrected chi connectivity index (χ1v) is 5.53. The molecule has 0 bridgehead atoms. The van der Waals surface area contributed by atoms with Crippen molar-refractivity contribution in [1.82, 2.24) is 0 Å². The van der Waals surface area contributed by atoms with E-state index < -0.39 is 0 Å². The normalized spacial score (nSPS) is 12.9. The van der Waals surface area contributed by atoms with Crippen LogP contribution < -0.4 is 5.46 Å². The van der Waals surface area contributed by atoms with Crippen LogP contribution in [0, 0.1) is 12.3 Å². The van der Waals surface area contributed by atoms with Crippen molar-refractivity contribution in [3.63, 3.8) is 0 Å². The zero-order chi connectivity index (χ0) is 11.9. The van der Waals surface area contributed by atoms with E-state index in [-0.39, 0.29) is 10.8 Å². The van der Waals surface area contributed by atoms with E-state index in [1.54, 1.807) is 0 Å². The lowest BCUT2D eigenvalue weighted by Crippen LogP contribution is -2.38. The van der Waals surface area contributed by atoms with Crippen LogP contribution in [-0.2, 0) is 5.41 Å². The van der Waals surface area contributed by atoms with Crippen molar-refractivity contribution < 1.29 is 0 Å². The summed E-state index contributed by atoms with van der Waals surface area (Å²) in [6.07, 6.45) is 0. The third-order valence-corrected chi connectivity index (χ3v) is 3.87. The Morgan fingerprint density at radius 1 is 1.00 bits per heavy atom. The van der Waals surface area contributed by atoms with E-state index in [1.807, 2.05) is 0 Å². The SMILES string of the molecule is [B]c1c(C)cccc1C(C)(C)C(C)(C)C. The summed E-state index contributed by atoms with van der Waals surface area (Å²) in [6.45, 7) is 13.4. The number of aryl methyl sites for hydroxylation is 1. The van der Waals surface area contributed by atoms with Crippen molar-refractivity contribution >= 4 is 13.3 Å². The van der Waals surface area contributed by atoms with E-state index >= 15 is 0 Å². The van der Waals surface area contributed by atoms with Gasteiger partial charge in [-0.1, -0.05) is 63.8 Å². The molecule has 0 spiro atoms. The molecule has 1 aromatic rings. The van der Waals surface area contributed by atoms with Crippen molar-refractivity contribution in [3.05, 3.63) is 29.3 Å². The summed E-state index contributed by atoms with van der Waals surface area (Å²) in [7, 11) is 6.17. The zero-order valence-corrected chi connectivity index (χ0v) is 10.8. The summed E-state index contributed by atoms with van der Waals surface area (Å²) >= 11 is 0. The van der Waals surface area contributed by atoms with Crippen LogP contribution in [0.1, 0.15) is 45.7 Å². The first-order chi connectivity index (χ1) is 6.68. The molecule has 0 saturated carbocycles. The van der Waals surface area contributed by atoms with Gasteiger partial charge in [0.1, 0.15) is 7.85 Å². The van der Waals surface area contributed by atoms with Gasteiger partial charge in [-0.25, -0.2) is 0 Å². The van der Waals surface area contributed by atoms with Gasteiger partial charge in [0.25, 0.3) is 0 Å². The largest absolute Gasteiger partial charge is 0.114 e. The van der Waals surface area contributed by atoms with Crippen molar-refractivity contribution in [2.24, 2.45) is 5.41 Å². The maximum atomic E-state index is 6.17. The Bertz CT molecular complexity index is 356. The van der Waals surface area contributed by atoms with Gasteiger partial charge in [0, 0.05) is 0 Å². The van der Waals surface area contributed by atoms with E-state index in [0.29, 0.717) is 0 Å². The minimum atomic E-state index is 0.0864. The molecule has 0 aliphatic heterocycles. The van der Waals surface area contributed by atoms with Gasteiger partial charge in [-0.05, 0) is 23.3 Å². The van der Waals surface area contributed by atoms with Gasteiger partial charge in [-0.2, -0.15) is 0 Å². The highest BCUT2D eigenvalue weighted by Crippen LogP contribution is 2.39. The Balaban J connectivity index is 3.34. The number of benzene rings is 1. The van der Waals surface area contributed by atoms with E-state index in [0.717, 1.165) is 5.46 Å². The summed E-state index contributed by atoms with van der Waals surface area (Å²) < 4.78 is 0. The smallest absolute Gasteiger partial charge is 0.0901 e. The molecule has 80 valence electrons. The third-order valence-electron chi connectivity index (χ3n) is 3.87. The average Bonchev–Trinajstić information content (AvgIpc) is 2.07. The molecule has 0 unspecified atom stereocenters. The van der Waals surface area contributed by atoms with Gasteiger partial charge in [0.05, 0.1) is 0 Å². The fourth-order valence-corrected chi connectivity index (χ4v) is 1.63. The molecule has 0 nitrogen and oxygen atoms in total. The van der Waals surface area contributed by atoms with Crippen LogP contribution in [0.5, 0.6) is 0 Å². The summed E-state index contributed by atoms with van der Waals surface area (Å²) in [4.78, 5) is 0. The summed E-state index contributed by atoms with van der Waals surface area (Å²) in [6, 6.07) is 6.31. The van der Waals surface area contributed by atoms with Gasteiger partial charge in [-0.3, -0.25) is 0 Å². The Morgan fingerprint density at radius 2 is 1.53 bits per heavy atom. The molecule has 1 rings (SSSR count). The van der Waals surface area contributed by atoms with Gasteiger partial charge in [0.15, 0.2) is 0 Å². The van der Waals surface area contributed by atoms with Gasteiger partial charge in [-0.15, -0.1) is 0 Å². The molecule has 0 heterocycles. The van der Waals surface area contributed by atoms with Gasteiger partial charge >= 0.3 is 0 Å². The maximum absolute atomic E-state index is 6.17. The highest BCUT2D eigenvalue weighted by molar-refractivity contribution is 6.34. The van der Waals surface area contributed by atoms with Crippen LogP contribution in [0.4, 0.5) is 0 Å². The number of hydrogen-bond donors (Lipinski definition) is 0. The van der Waals surface area contributed by atoms with Crippen LogP contribution >= 0.6 is 0 Å². The van der Waals surface area contributed by atoms with Crippen LogP contribution in [0.15, 0.2) is 18.2 Å². The number of hydrogen-bond acceptors (Lipinski definition) is 0. The highest BCUT2D eigenvalue weighted by atomic mass is 14.4. The quantitative estimate of drug-likeness (QED) is 0.611. The Labute approximate surface area is 95.5 Å². The molecule has 0 atom stereocenters. The molecule has 0 saturated heterocycles. The Hall–Kier alpha value is -0.715. The first-order valence-electron chi connectivity index (χ1n) is 5.53. The Kier molecular flexibility index (Phi) is 3.05. The Morgan fingerprint density at radius 3 is 2.00 bits per heavy atom. The third kappa shape index (κ3) is 2.11. The molecule has 2 radical (unpaired) electrons. The van der Waals surface area contributed by atoms with Gasteiger partial charge < -0.3 is 0 Å². The molecular weight excluding hydrogens is 179 g/mol. The summed E-state index contributed by atoms with van der Waals surface area (Å²) in [5, 5.41) is 0. The zero-order valence-electron chi connectivity index (χ0n) is 10.8. The van der Waals surface area contributed by atoms with Gasteiger partial charge in [0.2, 0.25) is 0 Å². The predicted octanol–water partition coefficient (Wildman–Crippen LogP) is 3.11. The second-order valence-corrected chi connectivity index (χ2v) is 5.91. The molecular formula is C14H21B. The molecule has 1 aromatic carbocycles. The van der Waals surface area contributed by atoms with Crippen molar-refractivity contribution in [2.45, 2.75) is 47.0 Å².